The van der Waals surface area contributed by atoms with Gasteiger partial charge in [-0.1, -0.05) is 67.1 Å². The summed E-state index contributed by atoms with van der Waals surface area (Å²) < 4.78 is 5.00. The van der Waals surface area contributed by atoms with Crippen LogP contribution in [0.25, 0.3) is 0 Å². The summed E-state index contributed by atoms with van der Waals surface area (Å²) in [6.07, 6.45) is 2.86. The van der Waals surface area contributed by atoms with Crippen molar-refractivity contribution in [2.75, 3.05) is 0 Å². The van der Waals surface area contributed by atoms with Crippen LogP contribution >= 0.6 is 0 Å². The molecule has 0 aliphatic rings. The van der Waals surface area contributed by atoms with E-state index < -0.39 is 12.1 Å². The molecule has 0 saturated heterocycles. The van der Waals surface area contributed by atoms with Gasteiger partial charge in [0.05, 0.1) is 0 Å². The van der Waals surface area contributed by atoms with Crippen molar-refractivity contribution in [1.82, 2.24) is 0 Å². The van der Waals surface area contributed by atoms with Gasteiger partial charge in [-0.15, -0.1) is 0 Å². The zero-order valence-corrected chi connectivity index (χ0v) is 14.6. The van der Waals surface area contributed by atoms with Crippen LogP contribution in [0.1, 0.15) is 36.8 Å². The maximum absolute atomic E-state index is 11.7. The van der Waals surface area contributed by atoms with E-state index in [9.17, 15) is 14.7 Å². The minimum Gasteiger partial charge on any atom is -0.477 e. The summed E-state index contributed by atoms with van der Waals surface area (Å²) in [5.41, 5.74) is 1.95. The molecule has 5 heteroatoms. The van der Waals surface area contributed by atoms with E-state index in [1.807, 2.05) is 48.5 Å². The first-order valence-electron chi connectivity index (χ1n) is 8.70. The van der Waals surface area contributed by atoms with E-state index in [0.717, 1.165) is 24.8 Å². The number of carbonyl (C=O) groups excluding carboxylic acids is 1. The number of benzene rings is 2. The fraction of sp³-hybridized carbons (Fsp3) is 0.286. The first-order chi connectivity index (χ1) is 12.6. The molecule has 0 fully saturated rings. The molecule has 136 valence electrons. The topological polar surface area (TPSA) is 76.0 Å². The van der Waals surface area contributed by atoms with Crippen LogP contribution in [0.5, 0.6) is 0 Å². The van der Waals surface area contributed by atoms with E-state index in [2.05, 4.69) is 17.1 Å². The Kier molecular flexibility index (Phi) is 8.06. The highest BCUT2D eigenvalue weighted by molar-refractivity contribution is 6.37. The van der Waals surface area contributed by atoms with Crippen molar-refractivity contribution in [3.05, 3.63) is 71.8 Å². The van der Waals surface area contributed by atoms with E-state index in [4.69, 9.17) is 4.74 Å². The second-order valence-corrected chi connectivity index (χ2v) is 5.95. The first-order valence-corrected chi connectivity index (χ1v) is 8.70. The van der Waals surface area contributed by atoms with Gasteiger partial charge in [0.15, 0.2) is 0 Å². The minimum atomic E-state index is -1.18. The van der Waals surface area contributed by atoms with Crippen LogP contribution in [0.15, 0.2) is 65.7 Å². The number of ether oxygens (including phenoxy) is 1. The molecule has 2 rings (SSSR count). The Morgan fingerprint density at radius 2 is 1.46 bits per heavy atom. The Hall–Kier alpha value is -2.95. The van der Waals surface area contributed by atoms with E-state index in [1.54, 1.807) is 0 Å². The molecule has 2 aromatic carbocycles. The monoisotopic (exact) mass is 353 g/mol. The number of hydrogen-bond acceptors (Lipinski definition) is 3. The largest absolute Gasteiger partial charge is 0.477 e. The SMILES string of the molecule is O=C(N=C(CCCCCc1ccccc1)C(=O)O)OCc1ccccc1. The van der Waals surface area contributed by atoms with Crippen molar-refractivity contribution in [3.63, 3.8) is 0 Å². The molecule has 5 nitrogen and oxygen atoms in total. The lowest BCUT2D eigenvalue weighted by atomic mass is 10.1. The smallest absolute Gasteiger partial charge is 0.434 e. The van der Waals surface area contributed by atoms with Crippen LogP contribution in [0.3, 0.4) is 0 Å². The Balaban J connectivity index is 1.73. The lowest BCUT2D eigenvalue weighted by Gasteiger charge is -2.04. The average Bonchev–Trinajstić information content (AvgIpc) is 2.66. The summed E-state index contributed by atoms with van der Waals surface area (Å²) >= 11 is 0. The predicted octanol–water partition coefficient (Wildman–Crippen LogP) is 4.65. The number of carboxylic acid groups (broad SMARTS) is 1. The van der Waals surface area contributed by atoms with Gasteiger partial charge in [0.1, 0.15) is 12.3 Å². The molecule has 0 spiro atoms. The number of carboxylic acids is 1. The van der Waals surface area contributed by atoms with Gasteiger partial charge in [-0.2, -0.15) is 4.99 Å². The second kappa shape index (κ2) is 10.8. The van der Waals surface area contributed by atoms with Gasteiger partial charge in [-0.3, -0.25) is 0 Å². The number of amides is 1. The third-order valence-corrected chi connectivity index (χ3v) is 3.90. The molecule has 0 bridgehead atoms. The van der Waals surface area contributed by atoms with Gasteiger partial charge in [0.25, 0.3) is 0 Å². The van der Waals surface area contributed by atoms with Crippen LogP contribution < -0.4 is 0 Å². The molecule has 0 aromatic heterocycles. The Morgan fingerprint density at radius 3 is 2.08 bits per heavy atom. The number of nitrogens with zero attached hydrogens (tertiary/aromatic N) is 1. The number of unbranched alkanes of at least 4 members (excludes halogenated alkanes) is 2. The summed E-state index contributed by atoms with van der Waals surface area (Å²) in [5, 5.41) is 9.20. The molecule has 0 unspecified atom stereocenters. The average molecular weight is 353 g/mol. The maximum atomic E-state index is 11.7. The minimum absolute atomic E-state index is 0.0765. The summed E-state index contributed by atoms with van der Waals surface area (Å²) in [6, 6.07) is 19.3. The Morgan fingerprint density at radius 1 is 0.846 bits per heavy atom. The van der Waals surface area contributed by atoms with Crippen molar-refractivity contribution in [2.24, 2.45) is 4.99 Å². The highest BCUT2D eigenvalue weighted by Gasteiger charge is 2.12. The highest BCUT2D eigenvalue weighted by atomic mass is 16.5. The quantitative estimate of drug-likeness (QED) is 0.526. The van der Waals surface area contributed by atoms with E-state index in [-0.39, 0.29) is 18.7 Å². The lowest BCUT2D eigenvalue weighted by molar-refractivity contribution is -0.129. The summed E-state index contributed by atoms with van der Waals surface area (Å²) in [5.74, 6) is -1.18. The molecule has 1 amide bonds. The van der Waals surface area contributed by atoms with Crippen molar-refractivity contribution in [2.45, 2.75) is 38.7 Å². The zero-order chi connectivity index (χ0) is 18.6. The predicted molar refractivity (Wildman–Crippen MR) is 100 cm³/mol. The van der Waals surface area contributed by atoms with Crippen molar-refractivity contribution >= 4 is 17.8 Å². The van der Waals surface area contributed by atoms with Gasteiger partial charge in [-0.05, 0) is 36.8 Å². The number of carbonyl (C=O) groups is 2. The number of aliphatic carboxylic acids is 1. The molecule has 0 aliphatic carbocycles. The van der Waals surface area contributed by atoms with E-state index in [0.29, 0.717) is 6.42 Å². The highest BCUT2D eigenvalue weighted by Crippen LogP contribution is 2.09. The van der Waals surface area contributed by atoms with Crippen LogP contribution in [0, 0.1) is 0 Å². The fourth-order valence-electron chi connectivity index (χ4n) is 2.52. The molecule has 1 N–H and O–H groups in total. The summed E-state index contributed by atoms with van der Waals surface area (Å²) in [6.45, 7) is 0.0765. The van der Waals surface area contributed by atoms with Crippen molar-refractivity contribution in [1.29, 1.82) is 0 Å². The maximum Gasteiger partial charge on any atom is 0.434 e. The van der Waals surface area contributed by atoms with Gasteiger partial charge in [0.2, 0.25) is 0 Å². The van der Waals surface area contributed by atoms with Gasteiger partial charge in [0, 0.05) is 0 Å². The number of aryl methyl sites for hydroxylation is 1. The van der Waals surface area contributed by atoms with E-state index in [1.165, 1.54) is 5.56 Å². The van der Waals surface area contributed by atoms with Crippen molar-refractivity contribution in [3.8, 4) is 0 Å². The van der Waals surface area contributed by atoms with Crippen LogP contribution in [-0.2, 0) is 22.6 Å². The van der Waals surface area contributed by atoms with E-state index >= 15 is 0 Å². The molecular weight excluding hydrogens is 330 g/mol. The molecule has 0 aliphatic heterocycles. The number of aliphatic imine (C=N–C) groups is 1. The van der Waals surface area contributed by atoms with Gasteiger partial charge >= 0.3 is 12.1 Å². The molecular formula is C21H23NO4. The molecule has 0 heterocycles. The zero-order valence-electron chi connectivity index (χ0n) is 14.6. The fourth-order valence-corrected chi connectivity index (χ4v) is 2.52. The van der Waals surface area contributed by atoms with Crippen LogP contribution in [-0.4, -0.2) is 22.9 Å². The number of rotatable bonds is 9. The molecule has 0 radical (unpaired) electrons. The number of hydrogen-bond donors (Lipinski definition) is 1. The molecule has 0 atom stereocenters. The van der Waals surface area contributed by atoms with Gasteiger partial charge in [-0.25, -0.2) is 9.59 Å². The second-order valence-electron chi connectivity index (χ2n) is 5.95. The Labute approximate surface area is 153 Å². The normalized spacial score (nSPS) is 11.2. The third-order valence-electron chi connectivity index (χ3n) is 3.90. The van der Waals surface area contributed by atoms with Crippen molar-refractivity contribution < 1.29 is 19.4 Å². The lowest BCUT2D eigenvalue weighted by Crippen LogP contribution is -2.15. The van der Waals surface area contributed by atoms with Crippen LogP contribution in [0.2, 0.25) is 0 Å². The summed E-state index contributed by atoms with van der Waals surface area (Å²) in [4.78, 5) is 26.6. The molecule has 26 heavy (non-hydrogen) atoms. The first kappa shape index (κ1) is 19.4. The third kappa shape index (κ3) is 7.30. The molecule has 0 saturated carbocycles. The standard InChI is InChI=1S/C21H23NO4/c23-20(24)19(15-9-3-6-12-17-10-4-1-5-11-17)22-21(25)26-16-18-13-7-2-8-14-18/h1-2,4-5,7-8,10-11,13-14H,3,6,9,12,15-16H2,(H,23,24). The van der Waals surface area contributed by atoms with Gasteiger partial charge < -0.3 is 9.84 Å². The molecule has 2 aromatic rings. The van der Waals surface area contributed by atoms with Crippen LogP contribution in [0.4, 0.5) is 4.79 Å². The summed E-state index contributed by atoms with van der Waals surface area (Å²) in [7, 11) is 0. The Bertz CT molecular complexity index is 726.